The van der Waals surface area contributed by atoms with E-state index in [9.17, 15) is 4.79 Å². The molecule has 0 aliphatic carbocycles. The molecule has 5 heteroatoms. The minimum Gasteiger partial charge on any atom is -0.397 e. The maximum absolute atomic E-state index is 11.2. The molecule has 98 valence electrons. The Hall–Kier alpha value is -1.75. The van der Waals surface area contributed by atoms with Crippen molar-refractivity contribution in [1.82, 2.24) is 4.90 Å². The molecule has 1 aliphatic rings. The van der Waals surface area contributed by atoms with Crippen molar-refractivity contribution < 1.29 is 4.79 Å². The number of nitrogens with zero attached hydrogens (tertiary/aromatic N) is 2. The molecule has 2 rings (SSSR count). The van der Waals surface area contributed by atoms with Gasteiger partial charge in [-0.1, -0.05) is 0 Å². The highest BCUT2D eigenvalue weighted by Gasteiger charge is 2.22. The third kappa shape index (κ3) is 2.41. The molecule has 0 bridgehead atoms. The lowest BCUT2D eigenvalue weighted by atomic mass is 10.1. The van der Waals surface area contributed by atoms with Gasteiger partial charge in [-0.2, -0.15) is 0 Å². The smallest absolute Gasteiger partial charge is 0.248 e. The summed E-state index contributed by atoms with van der Waals surface area (Å²) in [7, 11) is 2.12. The van der Waals surface area contributed by atoms with E-state index in [1.807, 2.05) is 0 Å². The van der Waals surface area contributed by atoms with Gasteiger partial charge in [0, 0.05) is 31.2 Å². The van der Waals surface area contributed by atoms with E-state index in [0.717, 1.165) is 25.3 Å². The van der Waals surface area contributed by atoms with Crippen molar-refractivity contribution >= 4 is 17.3 Å². The fourth-order valence-corrected chi connectivity index (χ4v) is 2.24. The van der Waals surface area contributed by atoms with Crippen molar-refractivity contribution in [2.75, 3.05) is 37.3 Å². The van der Waals surface area contributed by atoms with Crippen LogP contribution in [-0.2, 0) is 0 Å². The summed E-state index contributed by atoms with van der Waals surface area (Å²) in [4.78, 5) is 15.7. The van der Waals surface area contributed by atoms with E-state index < -0.39 is 5.91 Å². The zero-order chi connectivity index (χ0) is 13.3. The van der Waals surface area contributed by atoms with Gasteiger partial charge in [0.05, 0.1) is 11.4 Å². The molecule has 1 atom stereocenters. The molecule has 0 aromatic heterocycles. The third-order valence-electron chi connectivity index (χ3n) is 3.62. The van der Waals surface area contributed by atoms with Crippen molar-refractivity contribution in [2.24, 2.45) is 5.73 Å². The molecule has 0 radical (unpaired) electrons. The number of likely N-dealkylation sites (N-methyl/N-ethyl adjacent to an activating group) is 1. The Balaban J connectivity index is 2.27. The number of nitrogen functional groups attached to an aromatic ring is 1. The molecular weight excluding hydrogens is 228 g/mol. The number of benzene rings is 1. The van der Waals surface area contributed by atoms with Crippen LogP contribution >= 0.6 is 0 Å². The van der Waals surface area contributed by atoms with E-state index >= 15 is 0 Å². The van der Waals surface area contributed by atoms with Crippen LogP contribution in [0.5, 0.6) is 0 Å². The van der Waals surface area contributed by atoms with Gasteiger partial charge < -0.3 is 21.3 Å². The van der Waals surface area contributed by atoms with Crippen molar-refractivity contribution in [3.63, 3.8) is 0 Å². The Labute approximate surface area is 107 Å². The molecule has 1 saturated heterocycles. The van der Waals surface area contributed by atoms with Crippen LogP contribution in [0.1, 0.15) is 17.3 Å². The van der Waals surface area contributed by atoms with E-state index in [1.54, 1.807) is 18.2 Å². The SMILES string of the molecule is CC1CN(c2cc(C(N)=O)ccc2N)CCN1C. The lowest BCUT2D eigenvalue weighted by Gasteiger charge is -2.39. The molecule has 1 unspecified atom stereocenters. The number of hydrogen-bond donors (Lipinski definition) is 2. The van der Waals surface area contributed by atoms with Gasteiger partial charge in [-0.3, -0.25) is 4.79 Å². The summed E-state index contributed by atoms with van der Waals surface area (Å²) in [5, 5.41) is 0. The summed E-state index contributed by atoms with van der Waals surface area (Å²) in [6.07, 6.45) is 0. The predicted octanol–water partition coefficient (Wildman–Crippen LogP) is 0.508. The average molecular weight is 248 g/mol. The molecule has 1 aromatic carbocycles. The Morgan fingerprint density at radius 1 is 1.39 bits per heavy atom. The van der Waals surface area contributed by atoms with Gasteiger partial charge in [-0.25, -0.2) is 0 Å². The van der Waals surface area contributed by atoms with Crippen molar-refractivity contribution in [3.8, 4) is 0 Å². The van der Waals surface area contributed by atoms with Crippen molar-refractivity contribution in [3.05, 3.63) is 23.8 Å². The Kier molecular flexibility index (Phi) is 3.43. The van der Waals surface area contributed by atoms with Crippen LogP contribution in [0.3, 0.4) is 0 Å². The lowest BCUT2D eigenvalue weighted by molar-refractivity contribution is 0.100. The quantitative estimate of drug-likeness (QED) is 0.748. The van der Waals surface area contributed by atoms with Gasteiger partial charge in [0.15, 0.2) is 0 Å². The molecule has 1 heterocycles. The minimum atomic E-state index is -0.418. The summed E-state index contributed by atoms with van der Waals surface area (Å²) in [5.41, 5.74) is 13.4. The maximum atomic E-state index is 11.2. The van der Waals surface area contributed by atoms with Crippen LogP contribution in [0.25, 0.3) is 0 Å². The van der Waals surface area contributed by atoms with Crippen molar-refractivity contribution in [1.29, 1.82) is 0 Å². The van der Waals surface area contributed by atoms with Crippen LogP contribution in [-0.4, -0.2) is 43.5 Å². The zero-order valence-corrected chi connectivity index (χ0v) is 10.9. The zero-order valence-electron chi connectivity index (χ0n) is 10.9. The minimum absolute atomic E-state index is 0.418. The first-order valence-electron chi connectivity index (χ1n) is 6.13. The van der Waals surface area contributed by atoms with E-state index in [2.05, 4.69) is 23.8 Å². The largest absolute Gasteiger partial charge is 0.397 e. The number of primary amides is 1. The van der Waals surface area contributed by atoms with Crippen LogP contribution in [0.2, 0.25) is 0 Å². The van der Waals surface area contributed by atoms with Gasteiger partial charge in [-0.05, 0) is 32.2 Å². The number of carbonyl (C=O) groups is 1. The van der Waals surface area contributed by atoms with Gasteiger partial charge in [0.1, 0.15) is 0 Å². The Morgan fingerprint density at radius 2 is 2.11 bits per heavy atom. The van der Waals surface area contributed by atoms with E-state index in [-0.39, 0.29) is 0 Å². The fourth-order valence-electron chi connectivity index (χ4n) is 2.24. The lowest BCUT2D eigenvalue weighted by Crippen LogP contribution is -2.50. The fraction of sp³-hybridized carbons (Fsp3) is 0.462. The maximum Gasteiger partial charge on any atom is 0.248 e. The first-order valence-corrected chi connectivity index (χ1v) is 6.13. The number of rotatable bonds is 2. The van der Waals surface area contributed by atoms with E-state index in [4.69, 9.17) is 11.5 Å². The topological polar surface area (TPSA) is 75.6 Å². The number of piperazine rings is 1. The van der Waals surface area contributed by atoms with Gasteiger partial charge >= 0.3 is 0 Å². The van der Waals surface area contributed by atoms with E-state index in [1.165, 1.54) is 0 Å². The molecule has 1 aliphatic heterocycles. The molecular formula is C13H20N4O. The highest BCUT2D eigenvalue weighted by atomic mass is 16.1. The standard InChI is InChI=1S/C13H20N4O/c1-9-8-17(6-5-16(9)2)12-7-10(13(15)18)3-4-11(12)14/h3-4,7,9H,5-6,8,14H2,1-2H3,(H2,15,18). The number of amides is 1. The summed E-state index contributed by atoms with van der Waals surface area (Å²) in [5.74, 6) is -0.418. The van der Waals surface area contributed by atoms with Gasteiger partial charge in [0.25, 0.3) is 0 Å². The summed E-state index contributed by atoms with van der Waals surface area (Å²) < 4.78 is 0. The molecule has 4 N–H and O–H groups in total. The second-order valence-corrected chi connectivity index (χ2v) is 4.91. The summed E-state index contributed by atoms with van der Waals surface area (Å²) in [6.45, 7) is 4.98. The third-order valence-corrected chi connectivity index (χ3v) is 3.62. The number of hydrogen-bond acceptors (Lipinski definition) is 4. The monoisotopic (exact) mass is 248 g/mol. The van der Waals surface area contributed by atoms with Crippen molar-refractivity contribution in [2.45, 2.75) is 13.0 Å². The van der Waals surface area contributed by atoms with Crippen LogP contribution < -0.4 is 16.4 Å². The second-order valence-electron chi connectivity index (χ2n) is 4.91. The number of carbonyl (C=O) groups excluding carboxylic acids is 1. The molecule has 5 nitrogen and oxygen atoms in total. The number of anilines is 2. The highest BCUT2D eigenvalue weighted by Crippen LogP contribution is 2.26. The Morgan fingerprint density at radius 3 is 2.72 bits per heavy atom. The van der Waals surface area contributed by atoms with Crippen LogP contribution in [0, 0.1) is 0 Å². The normalized spacial score (nSPS) is 21.0. The molecule has 0 spiro atoms. The molecule has 0 saturated carbocycles. The first-order chi connectivity index (χ1) is 8.49. The Bertz CT molecular complexity index is 460. The molecule has 1 fully saturated rings. The molecule has 1 amide bonds. The molecule has 1 aromatic rings. The average Bonchev–Trinajstić information content (AvgIpc) is 2.33. The predicted molar refractivity (Wildman–Crippen MR) is 73.7 cm³/mol. The van der Waals surface area contributed by atoms with E-state index in [0.29, 0.717) is 17.3 Å². The number of nitrogens with two attached hydrogens (primary N) is 2. The van der Waals surface area contributed by atoms with Gasteiger partial charge in [-0.15, -0.1) is 0 Å². The molecule has 18 heavy (non-hydrogen) atoms. The van der Waals surface area contributed by atoms with Gasteiger partial charge in [0.2, 0.25) is 5.91 Å². The van der Waals surface area contributed by atoms with Crippen LogP contribution in [0.4, 0.5) is 11.4 Å². The highest BCUT2D eigenvalue weighted by molar-refractivity contribution is 5.95. The second kappa shape index (κ2) is 4.86. The van der Waals surface area contributed by atoms with Crippen LogP contribution in [0.15, 0.2) is 18.2 Å². The first kappa shape index (κ1) is 12.7. The summed E-state index contributed by atoms with van der Waals surface area (Å²) >= 11 is 0. The summed E-state index contributed by atoms with van der Waals surface area (Å²) in [6, 6.07) is 5.67.